The van der Waals surface area contributed by atoms with Crippen molar-refractivity contribution in [2.45, 2.75) is 5.60 Å². The Kier molecular flexibility index (Phi) is 7.92. The van der Waals surface area contributed by atoms with Crippen LogP contribution in [0.25, 0.3) is 0 Å². The van der Waals surface area contributed by atoms with Crippen LogP contribution in [0.3, 0.4) is 0 Å². The van der Waals surface area contributed by atoms with E-state index in [9.17, 15) is 9.59 Å². The van der Waals surface area contributed by atoms with E-state index in [1.807, 2.05) is 78.9 Å². The van der Waals surface area contributed by atoms with E-state index in [-0.39, 0.29) is 17.5 Å². The SMILES string of the molecule is COc1ccc(C(OCC(=O)SCC(=O)O)(c2ccccc2)c2ccc(OC)cc2)cc1. The summed E-state index contributed by atoms with van der Waals surface area (Å²) in [6.45, 7) is -0.273. The highest BCUT2D eigenvalue weighted by Crippen LogP contribution is 2.41. The first-order valence-corrected chi connectivity index (χ1v) is 10.8. The molecule has 0 fully saturated rings. The zero-order valence-electron chi connectivity index (χ0n) is 17.8. The summed E-state index contributed by atoms with van der Waals surface area (Å²) in [5, 5.41) is 8.52. The Balaban J connectivity index is 2.12. The van der Waals surface area contributed by atoms with Crippen molar-refractivity contribution in [3.63, 3.8) is 0 Å². The molecule has 0 aromatic heterocycles. The van der Waals surface area contributed by atoms with Gasteiger partial charge in [-0.3, -0.25) is 9.59 Å². The highest BCUT2D eigenvalue weighted by atomic mass is 32.2. The molecule has 6 nitrogen and oxygen atoms in total. The minimum atomic E-state index is -1.11. The Hall–Kier alpha value is -3.29. The van der Waals surface area contributed by atoms with E-state index in [0.29, 0.717) is 11.5 Å². The van der Waals surface area contributed by atoms with Gasteiger partial charge in [0.2, 0.25) is 5.12 Å². The second-order valence-electron chi connectivity index (χ2n) is 6.85. The van der Waals surface area contributed by atoms with Gasteiger partial charge >= 0.3 is 5.97 Å². The van der Waals surface area contributed by atoms with Gasteiger partial charge in [-0.05, 0) is 41.0 Å². The monoisotopic (exact) mass is 452 g/mol. The van der Waals surface area contributed by atoms with Gasteiger partial charge in [0.05, 0.1) is 20.0 Å². The summed E-state index contributed by atoms with van der Waals surface area (Å²) in [6.07, 6.45) is 0. The van der Waals surface area contributed by atoms with Crippen LogP contribution in [-0.4, -0.2) is 42.8 Å². The number of methoxy groups -OCH3 is 2. The van der Waals surface area contributed by atoms with E-state index in [1.165, 1.54) is 0 Å². The van der Waals surface area contributed by atoms with Gasteiger partial charge in [0.25, 0.3) is 0 Å². The molecular weight excluding hydrogens is 428 g/mol. The molecule has 0 heterocycles. The molecule has 0 bridgehead atoms. The Morgan fingerprint density at radius 2 is 1.25 bits per heavy atom. The number of hydrogen-bond acceptors (Lipinski definition) is 6. The summed E-state index contributed by atoms with van der Waals surface area (Å²) >= 11 is 0.719. The molecule has 0 radical (unpaired) electrons. The van der Waals surface area contributed by atoms with Crippen molar-refractivity contribution in [2.75, 3.05) is 26.6 Å². The van der Waals surface area contributed by atoms with Gasteiger partial charge in [-0.1, -0.05) is 66.4 Å². The Bertz CT molecular complexity index is 985. The molecule has 0 spiro atoms. The predicted molar refractivity (Wildman–Crippen MR) is 123 cm³/mol. The van der Waals surface area contributed by atoms with Crippen LogP contribution in [0.4, 0.5) is 0 Å². The standard InChI is InChI=1S/C25H24O6S/c1-29-21-12-8-19(9-13-21)25(18-6-4-3-5-7-18,20-10-14-22(30-2)15-11-20)31-16-24(28)32-17-23(26)27/h3-15H,16-17H2,1-2H3,(H,26,27). The lowest BCUT2D eigenvalue weighted by molar-refractivity contribution is -0.134. The Labute approximate surface area is 191 Å². The lowest BCUT2D eigenvalue weighted by Gasteiger charge is -2.35. The van der Waals surface area contributed by atoms with Crippen molar-refractivity contribution >= 4 is 22.8 Å². The van der Waals surface area contributed by atoms with E-state index < -0.39 is 11.6 Å². The van der Waals surface area contributed by atoms with E-state index in [4.69, 9.17) is 19.3 Å². The zero-order chi connectivity index (χ0) is 23.0. The molecule has 0 aliphatic heterocycles. The molecule has 7 heteroatoms. The quantitative estimate of drug-likeness (QED) is 0.458. The lowest BCUT2D eigenvalue weighted by Crippen LogP contribution is -2.34. The maximum absolute atomic E-state index is 12.4. The number of thioether (sulfide) groups is 1. The molecule has 1 N–H and O–H groups in total. The molecule has 3 aromatic carbocycles. The lowest BCUT2D eigenvalue weighted by atomic mass is 9.80. The number of hydrogen-bond donors (Lipinski definition) is 1. The zero-order valence-corrected chi connectivity index (χ0v) is 18.6. The van der Waals surface area contributed by atoms with E-state index >= 15 is 0 Å². The Morgan fingerprint density at radius 3 is 1.69 bits per heavy atom. The fourth-order valence-corrected chi connectivity index (χ4v) is 3.85. The molecule has 32 heavy (non-hydrogen) atoms. The van der Waals surface area contributed by atoms with Crippen LogP contribution in [-0.2, 0) is 19.9 Å². The third kappa shape index (κ3) is 5.30. The minimum Gasteiger partial charge on any atom is -0.497 e. The third-order valence-electron chi connectivity index (χ3n) is 4.94. The number of carbonyl (C=O) groups excluding carboxylic acids is 1. The van der Waals surface area contributed by atoms with Gasteiger partial charge in [-0.2, -0.15) is 0 Å². The summed E-state index contributed by atoms with van der Waals surface area (Å²) in [7, 11) is 3.19. The smallest absolute Gasteiger partial charge is 0.313 e. The van der Waals surface area contributed by atoms with Crippen molar-refractivity contribution in [1.82, 2.24) is 0 Å². The van der Waals surface area contributed by atoms with Crippen LogP contribution in [0.2, 0.25) is 0 Å². The minimum absolute atomic E-state index is 0.273. The van der Waals surface area contributed by atoms with E-state index in [1.54, 1.807) is 14.2 Å². The highest BCUT2D eigenvalue weighted by Gasteiger charge is 2.38. The Morgan fingerprint density at radius 1 is 0.781 bits per heavy atom. The summed E-state index contributed by atoms with van der Waals surface area (Å²) in [5.74, 6) is 0.0195. The van der Waals surface area contributed by atoms with Crippen LogP contribution in [0, 0.1) is 0 Å². The second-order valence-corrected chi connectivity index (χ2v) is 7.88. The predicted octanol–water partition coefficient (Wildman–Crippen LogP) is 4.36. The topological polar surface area (TPSA) is 82.1 Å². The van der Waals surface area contributed by atoms with Crippen molar-refractivity contribution in [2.24, 2.45) is 0 Å². The van der Waals surface area contributed by atoms with Gasteiger partial charge in [-0.15, -0.1) is 0 Å². The normalized spacial score (nSPS) is 11.1. The van der Waals surface area contributed by atoms with Crippen LogP contribution < -0.4 is 9.47 Å². The molecule has 0 aliphatic carbocycles. The molecule has 0 aliphatic rings. The first-order chi connectivity index (χ1) is 15.5. The van der Waals surface area contributed by atoms with Gasteiger partial charge in [0.1, 0.15) is 23.7 Å². The van der Waals surface area contributed by atoms with E-state index in [0.717, 1.165) is 28.5 Å². The third-order valence-corrected chi connectivity index (χ3v) is 5.77. The van der Waals surface area contributed by atoms with Crippen LogP contribution in [0.15, 0.2) is 78.9 Å². The average molecular weight is 453 g/mol. The van der Waals surface area contributed by atoms with Crippen LogP contribution >= 0.6 is 11.8 Å². The van der Waals surface area contributed by atoms with Crippen LogP contribution in [0.5, 0.6) is 11.5 Å². The summed E-state index contributed by atoms with van der Waals surface area (Å²) < 4.78 is 17.0. The fourth-order valence-electron chi connectivity index (χ4n) is 3.43. The summed E-state index contributed by atoms with van der Waals surface area (Å²) in [6, 6.07) is 24.5. The number of carboxylic acids is 1. The number of carboxylic acid groups (broad SMARTS) is 1. The number of carbonyl (C=O) groups is 2. The highest BCUT2D eigenvalue weighted by molar-refractivity contribution is 8.14. The van der Waals surface area contributed by atoms with Gasteiger partial charge < -0.3 is 19.3 Å². The number of benzene rings is 3. The molecule has 0 saturated heterocycles. The number of rotatable bonds is 10. The molecule has 166 valence electrons. The van der Waals surface area contributed by atoms with Crippen LogP contribution in [0.1, 0.15) is 16.7 Å². The number of ether oxygens (including phenoxy) is 3. The summed E-state index contributed by atoms with van der Waals surface area (Å²) in [4.78, 5) is 23.3. The molecule has 0 atom stereocenters. The van der Waals surface area contributed by atoms with Gasteiger partial charge in [0.15, 0.2) is 0 Å². The van der Waals surface area contributed by atoms with Crippen molar-refractivity contribution < 1.29 is 28.9 Å². The maximum Gasteiger partial charge on any atom is 0.313 e. The first kappa shape index (κ1) is 23.4. The second kappa shape index (κ2) is 10.8. The average Bonchev–Trinajstić information content (AvgIpc) is 2.84. The van der Waals surface area contributed by atoms with Crippen molar-refractivity contribution in [3.05, 3.63) is 95.6 Å². The molecule has 3 aromatic rings. The fraction of sp³-hybridized carbons (Fsp3) is 0.200. The summed E-state index contributed by atoms with van der Waals surface area (Å²) in [5.41, 5.74) is 1.31. The molecule has 0 saturated carbocycles. The first-order valence-electron chi connectivity index (χ1n) is 9.85. The van der Waals surface area contributed by atoms with Gasteiger partial charge in [-0.25, -0.2) is 0 Å². The van der Waals surface area contributed by atoms with E-state index in [2.05, 4.69) is 0 Å². The molecular formula is C25H24O6S. The largest absolute Gasteiger partial charge is 0.497 e. The van der Waals surface area contributed by atoms with Gasteiger partial charge in [0, 0.05) is 0 Å². The molecule has 0 amide bonds. The van der Waals surface area contributed by atoms with Crippen molar-refractivity contribution in [3.8, 4) is 11.5 Å². The van der Waals surface area contributed by atoms with Crippen molar-refractivity contribution in [1.29, 1.82) is 0 Å². The number of aliphatic carboxylic acids is 1. The molecule has 0 unspecified atom stereocenters. The maximum atomic E-state index is 12.4. The molecule has 3 rings (SSSR count).